The summed E-state index contributed by atoms with van der Waals surface area (Å²) in [5.41, 5.74) is 1.71. The van der Waals surface area contributed by atoms with Crippen molar-refractivity contribution in [2.24, 2.45) is 17.3 Å². The van der Waals surface area contributed by atoms with Crippen molar-refractivity contribution in [1.82, 2.24) is 25.7 Å². The molecule has 10 nitrogen and oxygen atoms in total. The molecule has 2 aromatic rings. The highest BCUT2D eigenvalue weighted by molar-refractivity contribution is 5.87. The second kappa shape index (κ2) is 13.7. The van der Waals surface area contributed by atoms with Crippen LogP contribution in [0.1, 0.15) is 58.8 Å². The Kier molecular flexibility index (Phi) is 11.7. The van der Waals surface area contributed by atoms with Crippen molar-refractivity contribution < 1.29 is 32.1 Å². The highest BCUT2D eigenvalue weighted by atomic mass is 19.4. The van der Waals surface area contributed by atoms with Crippen molar-refractivity contribution in [2.45, 2.75) is 60.7 Å². The predicted octanol–water partition coefficient (Wildman–Crippen LogP) is 3.67. The smallest absolute Gasteiger partial charge is 0.354 e. The van der Waals surface area contributed by atoms with Gasteiger partial charge in [0.25, 0.3) is 0 Å². The number of aromatic nitrogens is 2. The first-order chi connectivity index (χ1) is 17.5. The first-order valence-electron chi connectivity index (χ1n) is 12.0. The van der Waals surface area contributed by atoms with Crippen molar-refractivity contribution in [3.8, 4) is 6.07 Å². The number of rotatable bonds is 5. The molecule has 0 aromatic carbocycles. The van der Waals surface area contributed by atoms with Gasteiger partial charge < -0.3 is 20.1 Å². The van der Waals surface area contributed by atoms with Gasteiger partial charge in [0.1, 0.15) is 6.04 Å². The van der Waals surface area contributed by atoms with E-state index in [2.05, 4.69) is 36.2 Å². The highest BCUT2D eigenvalue weighted by Gasteiger charge is 2.41. The fourth-order valence-corrected chi connectivity index (χ4v) is 3.41. The van der Waals surface area contributed by atoms with Crippen molar-refractivity contribution in [3.05, 3.63) is 23.7 Å². The van der Waals surface area contributed by atoms with E-state index in [0.717, 1.165) is 11.3 Å². The molecule has 1 aliphatic rings. The van der Waals surface area contributed by atoms with Gasteiger partial charge >= 0.3 is 12.1 Å². The van der Waals surface area contributed by atoms with Gasteiger partial charge in [-0.1, -0.05) is 46.7 Å². The maximum absolute atomic E-state index is 11.9. The summed E-state index contributed by atoms with van der Waals surface area (Å²) in [5, 5.41) is 17.5. The molecule has 1 aliphatic heterocycles. The summed E-state index contributed by atoms with van der Waals surface area (Å²) in [6.07, 6.45) is -1.42. The summed E-state index contributed by atoms with van der Waals surface area (Å²) < 4.78 is 40.8. The second-order valence-electron chi connectivity index (χ2n) is 10.3. The molecule has 2 N–H and O–H groups in total. The Hall–Kier alpha value is -3.69. The summed E-state index contributed by atoms with van der Waals surface area (Å²) in [5.74, 6) is -1.45. The lowest BCUT2D eigenvalue weighted by Crippen LogP contribution is -2.44. The van der Waals surface area contributed by atoms with Gasteiger partial charge in [-0.25, -0.2) is 0 Å². The largest absolute Gasteiger partial charge is 0.471 e. The lowest BCUT2D eigenvalue weighted by molar-refractivity contribution is -0.174. The third kappa shape index (κ3) is 9.32. The van der Waals surface area contributed by atoms with Crippen molar-refractivity contribution in [3.63, 3.8) is 0 Å². The molecule has 13 heteroatoms. The Balaban J connectivity index is 0.000000335. The van der Waals surface area contributed by atoms with Crippen LogP contribution in [0, 0.1) is 35.5 Å². The second-order valence-corrected chi connectivity index (χ2v) is 10.3. The third-order valence-corrected chi connectivity index (χ3v) is 5.70. The highest BCUT2D eigenvalue weighted by Crippen LogP contribution is 2.34. The predicted molar refractivity (Wildman–Crippen MR) is 133 cm³/mol. The molecule has 3 heterocycles. The first-order valence-corrected chi connectivity index (χ1v) is 12.0. The number of halogens is 3. The van der Waals surface area contributed by atoms with Gasteiger partial charge in [-0.3, -0.25) is 19.4 Å². The lowest BCUT2D eigenvalue weighted by Gasteiger charge is -2.22. The number of amides is 3. The van der Waals surface area contributed by atoms with Crippen molar-refractivity contribution >= 4 is 29.2 Å². The van der Waals surface area contributed by atoms with Crippen LogP contribution in [0.4, 0.5) is 13.2 Å². The average molecular weight is 541 g/mol. The van der Waals surface area contributed by atoms with E-state index in [4.69, 9.17) is 9.78 Å². The van der Waals surface area contributed by atoms with Crippen LogP contribution >= 0.6 is 0 Å². The van der Waals surface area contributed by atoms with Crippen LogP contribution in [0.15, 0.2) is 16.9 Å². The summed E-state index contributed by atoms with van der Waals surface area (Å²) in [4.78, 5) is 38.0. The molecule has 1 fully saturated rings. The molecule has 1 saturated heterocycles. The molecule has 0 radical (unpaired) electrons. The molecule has 2 aromatic heterocycles. The third-order valence-electron chi connectivity index (χ3n) is 5.70. The first kappa shape index (κ1) is 32.3. The number of alkyl halides is 3. The molecule has 3 amide bonds. The number of nitrogens with one attached hydrogen (secondary N) is 2. The number of carbonyl (C=O) groups excluding carboxylic acids is 3. The van der Waals surface area contributed by atoms with Crippen LogP contribution < -0.4 is 10.6 Å². The van der Waals surface area contributed by atoms with E-state index in [9.17, 15) is 27.6 Å². The Morgan fingerprint density at radius 1 is 1.32 bits per heavy atom. The summed E-state index contributed by atoms with van der Waals surface area (Å²) in [6.45, 7) is 14.6. The molecule has 0 aliphatic carbocycles. The minimum absolute atomic E-state index is 0.0519. The maximum Gasteiger partial charge on any atom is 0.471 e. The quantitative estimate of drug-likeness (QED) is 0.551. The number of nitriles is 1. The number of fused-ring (bicyclic) bond motifs is 1. The zero-order valence-electron chi connectivity index (χ0n) is 22.6. The zero-order chi connectivity index (χ0) is 29.3. The van der Waals surface area contributed by atoms with Crippen LogP contribution in [-0.2, 0) is 14.4 Å². The van der Waals surface area contributed by atoms with Crippen LogP contribution in [0.5, 0.6) is 0 Å². The van der Waals surface area contributed by atoms with E-state index >= 15 is 0 Å². The molecule has 0 bridgehead atoms. The molecule has 0 spiro atoms. The van der Waals surface area contributed by atoms with E-state index in [-0.39, 0.29) is 11.3 Å². The normalized spacial score (nSPS) is 16.9. The van der Waals surface area contributed by atoms with Gasteiger partial charge in [0.15, 0.2) is 5.58 Å². The maximum atomic E-state index is 11.9. The van der Waals surface area contributed by atoms with E-state index in [1.54, 1.807) is 12.2 Å². The van der Waals surface area contributed by atoms with Gasteiger partial charge in [-0.05, 0) is 24.2 Å². The lowest BCUT2D eigenvalue weighted by atomic mass is 9.84. The van der Waals surface area contributed by atoms with E-state index in [1.165, 1.54) is 17.3 Å². The minimum Gasteiger partial charge on any atom is -0.354 e. The van der Waals surface area contributed by atoms with Gasteiger partial charge in [0.05, 0.1) is 29.9 Å². The van der Waals surface area contributed by atoms with Gasteiger partial charge in [-0.15, -0.1) is 0 Å². The van der Waals surface area contributed by atoms with E-state index in [0.29, 0.717) is 36.3 Å². The van der Waals surface area contributed by atoms with Crippen molar-refractivity contribution in [2.75, 3.05) is 19.6 Å². The number of hydrogen-bond donors (Lipinski definition) is 2. The number of pyridine rings is 1. The number of likely N-dealkylation sites (tertiary alicyclic amines) is 1. The minimum atomic E-state index is -4.95. The molecule has 210 valence electrons. The monoisotopic (exact) mass is 540 g/mol. The van der Waals surface area contributed by atoms with E-state index in [1.807, 2.05) is 26.8 Å². The Morgan fingerprint density at radius 2 is 1.92 bits per heavy atom. The van der Waals surface area contributed by atoms with Crippen LogP contribution in [0.3, 0.4) is 0 Å². The topological polar surface area (TPSA) is 141 Å². The van der Waals surface area contributed by atoms with Crippen LogP contribution in [0.2, 0.25) is 0 Å². The number of hydrogen-bond acceptors (Lipinski definition) is 7. The van der Waals surface area contributed by atoms with Gasteiger partial charge in [0.2, 0.25) is 12.3 Å². The average Bonchev–Trinajstić information content (AvgIpc) is 3.33. The zero-order valence-corrected chi connectivity index (χ0v) is 22.6. The molecule has 0 saturated carbocycles. The summed E-state index contributed by atoms with van der Waals surface area (Å²) in [7, 11) is 0. The molecular formula is C25H35F3N6O4. The molecular weight excluding hydrogens is 505 g/mol. The van der Waals surface area contributed by atoms with E-state index < -0.39 is 30.6 Å². The Bertz CT molecular complexity index is 1140. The number of nitrogens with zero attached hydrogens (tertiary/aromatic N) is 4. The molecule has 38 heavy (non-hydrogen) atoms. The van der Waals surface area contributed by atoms with Gasteiger partial charge in [-0.2, -0.15) is 18.4 Å². The fourth-order valence-electron chi connectivity index (χ4n) is 3.41. The SMILES string of the molecule is CC(C)C.C[C@H]1CN(C(=O)CNC(=O)C(F)(F)F)CC1(C)C.Cc1noc2cncc(C(C#N)NC=O)c12. The summed E-state index contributed by atoms with van der Waals surface area (Å²) >= 11 is 0. The standard InChI is InChI=1S/C11H17F3N2O2.C10H8N4O2.C4H10/c1-7-5-16(6-10(7,2)3)8(17)4-15-9(18)11(12,13)14;1-6-10-7(8(2-11)13-5-15)3-12-4-9(10)16-14-6;1-4(2)3/h7H,4-6H2,1-3H3,(H,15,18);3-5,8H,1H3,(H,13,15);4H,1-3H3/t7-;;/m0../s1. The summed E-state index contributed by atoms with van der Waals surface area (Å²) in [6, 6.07) is 1.23. The van der Waals surface area contributed by atoms with Gasteiger partial charge in [0, 0.05) is 24.8 Å². The molecule has 3 rings (SSSR count). The Labute approximate surface area is 219 Å². The van der Waals surface area contributed by atoms with Crippen molar-refractivity contribution in [1.29, 1.82) is 5.26 Å². The number of aryl methyl sites for hydroxylation is 1. The molecule has 2 atom stereocenters. The Morgan fingerprint density at radius 3 is 2.39 bits per heavy atom. The molecule has 1 unspecified atom stereocenters. The van der Waals surface area contributed by atoms with Crippen LogP contribution in [0.25, 0.3) is 11.0 Å². The fraction of sp³-hybridized carbons (Fsp3) is 0.600. The van der Waals surface area contributed by atoms with Crippen LogP contribution in [-0.4, -0.2) is 59.1 Å². The number of carbonyl (C=O) groups is 3.